The maximum Gasteiger partial charge on any atom is 0.423 e. The van der Waals surface area contributed by atoms with Crippen LogP contribution in [-0.4, -0.2) is 71.9 Å². The highest BCUT2D eigenvalue weighted by Crippen LogP contribution is 2.57. The van der Waals surface area contributed by atoms with Gasteiger partial charge in [0.2, 0.25) is 11.8 Å². The van der Waals surface area contributed by atoms with Gasteiger partial charge < -0.3 is 29.9 Å². The van der Waals surface area contributed by atoms with Gasteiger partial charge in [-0.2, -0.15) is 18.2 Å². The molecule has 13 heteroatoms. The number of carbonyl (C=O) groups is 2. The number of amides is 2. The van der Waals surface area contributed by atoms with Crippen LogP contribution in [-0.2, 0) is 11.7 Å². The molecule has 2 aliphatic carbocycles. The van der Waals surface area contributed by atoms with Crippen LogP contribution < -0.4 is 20.1 Å². The molecule has 10 nitrogen and oxygen atoms in total. The first-order valence-corrected chi connectivity index (χ1v) is 15.4. The van der Waals surface area contributed by atoms with E-state index in [1.807, 2.05) is 6.07 Å². The van der Waals surface area contributed by atoms with E-state index in [9.17, 15) is 22.8 Å². The van der Waals surface area contributed by atoms with Gasteiger partial charge in [0, 0.05) is 24.8 Å². The number of benzene rings is 2. The predicted octanol–water partition coefficient (Wildman–Crippen LogP) is 5.72. The molecule has 1 saturated heterocycles. The molecule has 0 radical (unpaired) electrons. The molecule has 7 rings (SSSR count). The largest absolute Gasteiger partial charge is 0.495 e. The molecule has 3 fully saturated rings. The quantitative estimate of drug-likeness (QED) is 0.339. The van der Waals surface area contributed by atoms with E-state index in [-0.39, 0.29) is 40.9 Å². The lowest BCUT2D eigenvalue weighted by molar-refractivity contribution is -0.139. The number of halogens is 3. The SMILES string of the molecule is COc1cc(C(=O)NC2CC3(CCN(C)CC3)C2)ccc1Nc1ncc(C(F)(F)F)c(Oc2cccc3c2C(=O)N(C)C32CC2)n1. The lowest BCUT2D eigenvalue weighted by Gasteiger charge is -2.52. The van der Waals surface area contributed by atoms with Crippen molar-refractivity contribution in [2.24, 2.45) is 5.41 Å². The fourth-order valence-electron chi connectivity index (χ4n) is 7.21. The molecule has 1 aromatic heterocycles. The number of piperidine rings is 1. The van der Waals surface area contributed by atoms with Crippen molar-refractivity contribution in [2.45, 2.75) is 56.3 Å². The van der Waals surface area contributed by atoms with Crippen molar-refractivity contribution in [1.29, 1.82) is 0 Å². The monoisotopic (exact) mass is 636 g/mol. The van der Waals surface area contributed by atoms with E-state index >= 15 is 0 Å². The van der Waals surface area contributed by atoms with Crippen molar-refractivity contribution in [3.05, 3.63) is 64.8 Å². The molecule has 3 aromatic rings. The number of carbonyl (C=O) groups excluding carboxylic acids is 2. The van der Waals surface area contributed by atoms with Crippen molar-refractivity contribution in [3.63, 3.8) is 0 Å². The minimum Gasteiger partial charge on any atom is -0.495 e. The summed E-state index contributed by atoms with van der Waals surface area (Å²) >= 11 is 0. The van der Waals surface area contributed by atoms with Gasteiger partial charge in [-0.3, -0.25) is 9.59 Å². The maximum atomic E-state index is 14.0. The summed E-state index contributed by atoms with van der Waals surface area (Å²) in [7, 11) is 5.25. The third-order valence-corrected chi connectivity index (χ3v) is 10.1. The number of ether oxygens (including phenoxy) is 2. The predicted molar refractivity (Wildman–Crippen MR) is 162 cm³/mol. The van der Waals surface area contributed by atoms with Gasteiger partial charge in [0.15, 0.2) is 0 Å². The molecule has 0 atom stereocenters. The number of nitrogens with one attached hydrogen (secondary N) is 2. The third-order valence-electron chi connectivity index (χ3n) is 10.1. The summed E-state index contributed by atoms with van der Waals surface area (Å²) in [6.45, 7) is 2.16. The van der Waals surface area contributed by atoms with E-state index < -0.39 is 23.2 Å². The summed E-state index contributed by atoms with van der Waals surface area (Å²) < 4.78 is 53.3. The zero-order valence-electron chi connectivity index (χ0n) is 25.8. The second-order valence-electron chi connectivity index (χ2n) is 13.0. The second-order valence-corrected chi connectivity index (χ2v) is 13.0. The van der Waals surface area contributed by atoms with Crippen molar-refractivity contribution >= 4 is 23.5 Å². The highest BCUT2D eigenvalue weighted by Gasteiger charge is 2.57. The highest BCUT2D eigenvalue weighted by molar-refractivity contribution is 6.03. The van der Waals surface area contributed by atoms with E-state index in [1.165, 1.54) is 13.2 Å². The molecule has 2 aliphatic heterocycles. The molecular formula is C33H35F3N6O4. The van der Waals surface area contributed by atoms with Gasteiger partial charge in [-0.25, -0.2) is 4.98 Å². The Labute approximate surface area is 264 Å². The van der Waals surface area contributed by atoms with Crippen LogP contribution >= 0.6 is 0 Å². The number of likely N-dealkylation sites (tertiary alicyclic amines) is 1. The first-order valence-electron chi connectivity index (χ1n) is 15.4. The Morgan fingerprint density at radius 3 is 2.46 bits per heavy atom. The Morgan fingerprint density at radius 1 is 1.04 bits per heavy atom. The smallest absolute Gasteiger partial charge is 0.423 e. The number of anilines is 2. The zero-order chi connectivity index (χ0) is 32.4. The lowest BCUT2D eigenvalue weighted by atomic mass is 9.60. The van der Waals surface area contributed by atoms with E-state index in [4.69, 9.17) is 9.47 Å². The second kappa shape index (κ2) is 10.9. The Morgan fingerprint density at radius 2 is 1.78 bits per heavy atom. The number of methoxy groups -OCH3 is 1. The molecule has 0 bridgehead atoms. The van der Waals surface area contributed by atoms with E-state index in [2.05, 4.69) is 32.5 Å². The fraction of sp³-hybridized carbons (Fsp3) is 0.455. The fourth-order valence-corrected chi connectivity index (χ4v) is 7.21. The summed E-state index contributed by atoms with van der Waals surface area (Å²) in [5.74, 6) is -1.19. The summed E-state index contributed by atoms with van der Waals surface area (Å²) in [4.78, 5) is 38.0. The van der Waals surface area contributed by atoms with E-state index in [1.54, 1.807) is 36.2 Å². The van der Waals surface area contributed by atoms with E-state index in [0.717, 1.165) is 57.2 Å². The average molecular weight is 637 g/mol. The molecule has 2 N–H and O–H groups in total. The topological polar surface area (TPSA) is 109 Å². The van der Waals surface area contributed by atoms with Crippen LogP contribution in [0.5, 0.6) is 17.4 Å². The normalized spacial score (nSPS) is 20.0. The minimum absolute atomic E-state index is 0.00516. The Kier molecular flexibility index (Phi) is 7.14. The van der Waals surface area contributed by atoms with Gasteiger partial charge in [-0.1, -0.05) is 12.1 Å². The zero-order valence-corrected chi connectivity index (χ0v) is 25.8. The lowest BCUT2D eigenvalue weighted by Crippen LogP contribution is -2.54. The van der Waals surface area contributed by atoms with Gasteiger partial charge in [0.25, 0.3) is 11.8 Å². The van der Waals surface area contributed by atoms with Crippen molar-refractivity contribution < 1.29 is 32.2 Å². The standard InChI is InChI=1S/C33H35F3N6O4/c1-41-13-11-31(12-14-41)16-20(17-31)38-27(43)19-7-8-23(25(15-19)45-3)39-30-37-18-22(33(34,35)36)28(40-30)46-24-6-4-5-21-26(24)29(44)42(2)32(21)9-10-32/h4-8,15,18,20H,9-14,16-17H2,1-3H3,(H,38,43)(H,37,39,40). The van der Waals surface area contributed by atoms with Crippen LogP contribution in [0.2, 0.25) is 0 Å². The summed E-state index contributed by atoms with van der Waals surface area (Å²) in [6, 6.07) is 9.81. The summed E-state index contributed by atoms with van der Waals surface area (Å²) in [5, 5.41) is 6.00. The number of rotatable bonds is 7. The number of hydrogen-bond donors (Lipinski definition) is 2. The molecule has 2 spiro atoms. The third kappa shape index (κ3) is 5.20. The van der Waals surface area contributed by atoms with Crippen LogP contribution in [0.4, 0.5) is 24.8 Å². The Hall–Kier alpha value is -4.39. The number of alkyl halides is 3. The molecule has 242 valence electrons. The maximum absolute atomic E-state index is 14.0. The summed E-state index contributed by atoms with van der Waals surface area (Å²) in [5.41, 5.74) is 0.424. The summed E-state index contributed by atoms with van der Waals surface area (Å²) in [6.07, 6.45) is 1.61. The van der Waals surface area contributed by atoms with Gasteiger partial charge in [-0.05, 0) is 93.9 Å². The number of aromatic nitrogens is 2. The van der Waals surface area contributed by atoms with Crippen LogP contribution in [0.25, 0.3) is 0 Å². The van der Waals surface area contributed by atoms with Crippen LogP contribution in [0.3, 0.4) is 0 Å². The van der Waals surface area contributed by atoms with Gasteiger partial charge in [-0.15, -0.1) is 0 Å². The van der Waals surface area contributed by atoms with Gasteiger partial charge >= 0.3 is 6.18 Å². The molecule has 46 heavy (non-hydrogen) atoms. The Bertz CT molecular complexity index is 1710. The molecule has 2 saturated carbocycles. The molecule has 4 aliphatic rings. The first-order chi connectivity index (χ1) is 21.9. The molecule has 2 aromatic carbocycles. The van der Waals surface area contributed by atoms with Crippen molar-refractivity contribution in [3.8, 4) is 17.4 Å². The van der Waals surface area contributed by atoms with E-state index in [0.29, 0.717) is 22.9 Å². The van der Waals surface area contributed by atoms with Crippen LogP contribution in [0.15, 0.2) is 42.6 Å². The molecule has 0 unspecified atom stereocenters. The molecular weight excluding hydrogens is 601 g/mol. The van der Waals surface area contributed by atoms with Crippen molar-refractivity contribution in [2.75, 3.05) is 39.6 Å². The molecule has 2 amide bonds. The average Bonchev–Trinajstić information content (AvgIpc) is 3.79. The number of nitrogens with zero attached hydrogens (tertiary/aromatic N) is 4. The van der Waals surface area contributed by atoms with Crippen LogP contribution in [0.1, 0.15) is 70.4 Å². The molecule has 3 heterocycles. The number of fused-ring (bicyclic) bond motifs is 2. The number of hydrogen-bond acceptors (Lipinski definition) is 8. The van der Waals surface area contributed by atoms with Crippen molar-refractivity contribution in [1.82, 2.24) is 25.1 Å². The first kappa shape index (κ1) is 30.3. The minimum atomic E-state index is -4.82. The van der Waals surface area contributed by atoms with Gasteiger partial charge in [0.05, 0.1) is 23.9 Å². The Balaban J connectivity index is 1.09. The highest BCUT2D eigenvalue weighted by atomic mass is 19.4. The van der Waals surface area contributed by atoms with Crippen LogP contribution in [0, 0.1) is 5.41 Å². The van der Waals surface area contributed by atoms with Gasteiger partial charge in [0.1, 0.15) is 17.1 Å².